The van der Waals surface area contributed by atoms with Crippen LogP contribution in [0.5, 0.6) is 0 Å². The standard InChI is InChI=1S/C27H26F3NO3S/c1-2-20-5-3-4-6-23(20)24-12-9-19(13-25(24)27(28,29)30)17-35-22-10-7-18(8-11-22)14-31-15-21(16-31)34-26(32)33/h3-13,21H,2,14-17H2,1H3,(H,32,33). The average molecular weight is 502 g/mol. The number of ether oxygens (including phenoxy) is 1. The van der Waals surface area contributed by atoms with Crippen LogP contribution in [0, 0.1) is 0 Å². The zero-order chi connectivity index (χ0) is 25.0. The Morgan fingerprint density at radius 1 is 1.03 bits per heavy atom. The SMILES string of the molecule is CCc1ccccc1-c1ccc(CSc2ccc(CN3CC(OC(=O)O)C3)cc2)cc1C(F)(F)F. The Morgan fingerprint density at radius 2 is 1.71 bits per heavy atom. The molecule has 0 radical (unpaired) electrons. The molecule has 4 rings (SSSR count). The van der Waals surface area contributed by atoms with Crippen molar-refractivity contribution < 1.29 is 27.8 Å². The Morgan fingerprint density at radius 3 is 2.37 bits per heavy atom. The van der Waals surface area contributed by atoms with Gasteiger partial charge in [0.2, 0.25) is 0 Å². The van der Waals surface area contributed by atoms with Gasteiger partial charge in [0, 0.05) is 30.3 Å². The van der Waals surface area contributed by atoms with Gasteiger partial charge in [0.05, 0.1) is 5.56 Å². The second-order valence-corrected chi connectivity index (χ2v) is 9.57. The summed E-state index contributed by atoms with van der Waals surface area (Å²) in [7, 11) is 0. The Hall–Kier alpha value is -2.97. The maximum atomic E-state index is 13.9. The fraction of sp³-hybridized carbons (Fsp3) is 0.296. The summed E-state index contributed by atoms with van der Waals surface area (Å²) in [5.74, 6) is 0.429. The number of likely N-dealkylation sites (tertiary alicyclic amines) is 1. The summed E-state index contributed by atoms with van der Waals surface area (Å²) in [6, 6.07) is 19.8. The van der Waals surface area contributed by atoms with E-state index >= 15 is 0 Å². The van der Waals surface area contributed by atoms with E-state index in [2.05, 4.69) is 4.90 Å². The van der Waals surface area contributed by atoms with E-state index in [1.54, 1.807) is 24.3 Å². The van der Waals surface area contributed by atoms with Crippen molar-refractivity contribution in [2.75, 3.05) is 13.1 Å². The summed E-state index contributed by atoms with van der Waals surface area (Å²) >= 11 is 1.49. The van der Waals surface area contributed by atoms with Crippen LogP contribution in [0.2, 0.25) is 0 Å². The van der Waals surface area contributed by atoms with E-state index in [4.69, 9.17) is 9.84 Å². The maximum absolute atomic E-state index is 13.9. The molecule has 0 unspecified atom stereocenters. The molecular weight excluding hydrogens is 475 g/mol. The molecule has 3 aromatic carbocycles. The van der Waals surface area contributed by atoms with Gasteiger partial charge < -0.3 is 9.84 Å². The highest BCUT2D eigenvalue weighted by Crippen LogP contribution is 2.39. The molecule has 1 saturated heterocycles. The molecule has 0 atom stereocenters. The van der Waals surface area contributed by atoms with Crippen LogP contribution < -0.4 is 0 Å². The van der Waals surface area contributed by atoms with Crippen LogP contribution >= 0.6 is 11.8 Å². The maximum Gasteiger partial charge on any atom is 0.506 e. The summed E-state index contributed by atoms with van der Waals surface area (Å²) in [6.07, 6.45) is -5.30. The van der Waals surface area contributed by atoms with E-state index in [1.165, 1.54) is 17.8 Å². The molecule has 0 aliphatic carbocycles. The number of hydrogen-bond acceptors (Lipinski definition) is 4. The molecule has 1 N–H and O–H groups in total. The van der Waals surface area contributed by atoms with Gasteiger partial charge in [-0.05, 0) is 52.4 Å². The number of nitrogens with zero attached hydrogens (tertiary/aromatic N) is 1. The Kier molecular flexibility index (Phi) is 7.72. The molecule has 1 heterocycles. The number of thioether (sulfide) groups is 1. The minimum atomic E-state index is -4.44. The van der Waals surface area contributed by atoms with Gasteiger partial charge >= 0.3 is 12.3 Å². The summed E-state index contributed by atoms with van der Waals surface area (Å²) in [6.45, 7) is 3.78. The van der Waals surface area contributed by atoms with Gasteiger partial charge in [-0.25, -0.2) is 4.79 Å². The van der Waals surface area contributed by atoms with Crippen molar-refractivity contribution >= 4 is 17.9 Å². The van der Waals surface area contributed by atoms with Gasteiger partial charge in [-0.15, -0.1) is 11.8 Å². The molecule has 1 aliphatic heterocycles. The van der Waals surface area contributed by atoms with E-state index in [-0.39, 0.29) is 11.7 Å². The predicted molar refractivity (Wildman–Crippen MR) is 130 cm³/mol. The molecule has 0 saturated carbocycles. The summed E-state index contributed by atoms with van der Waals surface area (Å²) in [5, 5.41) is 8.63. The lowest BCUT2D eigenvalue weighted by atomic mass is 9.93. The molecule has 184 valence electrons. The molecule has 0 amide bonds. The lowest BCUT2D eigenvalue weighted by molar-refractivity contribution is -0.137. The third kappa shape index (κ3) is 6.38. The molecule has 35 heavy (non-hydrogen) atoms. The van der Waals surface area contributed by atoms with E-state index in [1.807, 2.05) is 43.3 Å². The first-order valence-electron chi connectivity index (χ1n) is 11.3. The van der Waals surface area contributed by atoms with Crippen molar-refractivity contribution in [3.8, 4) is 11.1 Å². The molecular formula is C27H26F3NO3S. The molecule has 0 aromatic heterocycles. The second kappa shape index (κ2) is 10.7. The number of hydrogen-bond donors (Lipinski definition) is 1. The van der Waals surface area contributed by atoms with Crippen LogP contribution in [0.25, 0.3) is 11.1 Å². The second-order valence-electron chi connectivity index (χ2n) is 8.52. The molecule has 3 aromatic rings. The van der Waals surface area contributed by atoms with Crippen LogP contribution in [-0.4, -0.2) is 35.4 Å². The number of rotatable bonds is 8. The van der Waals surface area contributed by atoms with Crippen LogP contribution in [0.15, 0.2) is 71.6 Å². The molecule has 0 bridgehead atoms. The van der Waals surface area contributed by atoms with Crippen molar-refractivity contribution in [2.24, 2.45) is 0 Å². The fourth-order valence-electron chi connectivity index (χ4n) is 4.23. The molecule has 1 aliphatic rings. The normalized spacial score (nSPS) is 14.5. The van der Waals surface area contributed by atoms with Gasteiger partial charge in [-0.3, -0.25) is 4.90 Å². The number of alkyl halides is 3. The fourth-order valence-corrected chi connectivity index (χ4v) is 5.07. The van der Waals surface area contributed by atoms with E-state index in [0.29, 0.717) is 42.9 Å². The third-order valence-corrected chi connectivity index (χ3v) is 7.09. The minimum absolute atomic E-state index is 0.218. The van der Waals surface area contributed by atoms with E-state index in [9.17, 15) is 18.0 Å². The van der Waals surface area contributed by atoms with Gasteiger partial charge in [0.15, 0.2) is 0 Å². The molecule has 8 heteroatoms. The first kappa shape index (κ1) is 25.1. The van der Waals surface area contributed by atoms with Gasteiger partial charge in [-0.2, -0.15) is 13.2 Å². The first-order valence-corrected chi connectivity index (χ1v) is 12.3. The number of aryl methyl sites for hydroxylation is 1. The van der Waals surface area contributed by atoms with Crippen molar-refractivity contribution in [3.63, 3.8) is 0 Å². The first-order chi connectivity index (χ1) is 16.7. The van der Waals surface area contributed by atoms with Crippen LogP contribution in [-0.2, 0) is 29.6 Å². The quantitative estimate of drug-likeness (QED) is 0.263. The van der Waals surface area contributed by atoms with Crippen molar-refractivity contribution in [2.45, 2.75) is 42.8 Å². The van der Waals surface area contributed by atoms with Crippen molar-refractivity contribution in [1.29, 1.82) is 0 Å². The van der Waals surface area contributed by atoms with Gasteiger partial charge in [-0.1, -0.05) is 55.5 Å². The minimum Gasteiger partial charge on any atom is -0.450 e. The lowest BCUT2D eigenvalue weighted by Gasteiger charge is -2.37. The third-order valence-electron chi connectivity index (χ3n) is 6.00. The lowest BCUT2D eigenvalue weighted by Crippen LogP contribution is -2.52. The Bertz CT molecular complexity index is 1180. The molecule has 0 spiro atoms. The number of benzene rings is 3. The highest BCUT2D eigenvalue weighted by atomic mass is 32.2. The van der Waals surface area contributed by atoms with Crippen molar-refractivity contribution in [1.82, 2.24) is 4.90 Å². The summed E-state index contributed by atoms with van der Waals surface area (Å²) in [4.78, 5) is 13.6. The largest absolute Gasteiger partial charge is 0.506 e. The topological polar surface area (TPSA) is 49.8 Å². The number of carboxylic acid groups (broad SMARTS) is 1. The average Bonchev–Trinajstić information content (AvgIpc) is 2.81. The summed E-state index contributed by atoms with van der Waals surface area (Å²) in [5.41, 5.74) is 2.83. The van der Waals surface area contributed by atoms with Gasteiger partial charge in [0.25, 0.3) is 0 Å². The van der Waals surface area contributed by atoms with Crippen LogP contribution in [0.4, 0.5) is 18.0 Å². The van der Waals surface area contributed by atoms with Crippen molar-refractivity contribution in [3.05, 3.63) is 89.0 Å². The zero-order valence-electron chi connectivity index (χ0n) is 19.2. The smallest absolute Gasteiger partial charge is 0.450 e. The van der Waals surface area contributed by atoms with Gasteiger partial charge in [0.1, 0.15) is 6.10 Å². The Labute approximate surface area is 206 Å². The zero-order valence-corrected chi connectivity index (χ0v) is 20.0. The highest BCUT2D eigenvalue weighted by molar-refractivity contribution is 7.98. The van der Waals surface area contributed by atoms with Crippen LogP contribution in [0.1, 0.15) is 29.2 Å². The van der Waals surface area contributed by atoms with E-state index < -0.39 is 17.9 Å². The number of carbonyl (C=O) groups is 1. The molecule has 1 fully saturated rings. The highest BCUT2D eigenvalue weighted by Gasteiger charge is 2.34. The molecule has 4 nitrogen and oxygen atoms in total. The van der Waals surface area contributed by atoms with Crippen LogP contribution in [0.3, 0.4) is 0 Å². The number of halogens is 3. The van der Waals surface area contributed by atoms with E-state index in [0.717, 1.165) is 16.0 Å². The summed E-state index contributed by atoms with van der Waals surface area (Å²) < 4.78 is 46.5. The monoisotopic (exact) mass is 501 g/mol. The predicted octanol–water partition coefficient (Wildman–Crippen LogP) is 7.11. The Balaban J connectivity index is 1.40.